The van der Waals surface area contributed by atoms with E-state index in [1.54, 1.807) is 7.11 Å². The van der Waals surface area contributed by atoms with Gasteiger partial charge < -0.3 is 9.47 Å². The van der Waals surface area contributed by atoms with Crippen LogP contribution in [0.4, 0.5) is 0 Å². The summed E-state index contributed by atoms with van der Waals surface area (Å²) in [6.07, 6.45) is 0.446. The smallest absolute Gasteiger partial charge is 0.217 e. The number of aryl methyl sites for hydroxylation is 1. The van der Waals surface area contributed by atoms with Gasteiger partial charge in [-0.05, 0) is 48.9 Å². The Morgan fingerprint density at radius 1 is 0.967 bits per heavy atom. The molecule has 0 N–H and O–H groups in total. The number of methoxy groups -OCH3 is 1. The van der Waals surface area contributed by atoms with Gasteiger partial charge in [0.1, 0.15) is 11.5 Å². The third-order valence-corrected chi connectivity index (χ3v) is 6.58. The number of nitrogens with zero attached hydrogens (tertiary/aromatic N) is 2. The van der Waals surface area contributed by atoms with Crippen molar-refractivity contribution in [3.63, 3.8) is 0 Å². The van der Waals surface area contributed by atoms with Gasteiger partial charge in [0.25, 0.3) is 0 Å². The van der Waals surface area contributed by atoms with Gasteiger partial charge in [0.15, 0.2) is 0 Å². The highest BCUT2D eigenvalue weighted by atomic mass is 79.9. The molecule has 0 radical (unpaired) electrons. The third-order valence-electron chi connectivity index (χ3n) is 5.59. The van der Waals surface area contributed by atoms with Crippen LogP contribution in [0.1, 0.15) is 40.9 Å². The molecule has 6 heteroatoms. The molecule has 4 nitrogen and oxygen atoms in total. The molecule has 2 aliphatic rings. The van der Waals surface area contributed by atoms with E-state index < -0.39 is 0 Å². The Morgan fingerprint density at radius 3 is 2.40 bits per heavy atom. The first kappa shape index (κ1) is 19.6. The summed E-state index contributed by atoms with van der Waals surface area (Å²) in [4.78, 5) is 0. The second-order valence-electron chi connectivity index (χ2n) is 7.55. The fraction of sp³-hybridized carbons (Fsp3) is 0.208. The highest BCUT2D eigenvalue weighted by Gasteiger charge is 2.42. The second kappa shape index (κ2) is 7.75. The standard InChI is InChI=1S/C24H20Br2N2O2/c1-14-3-5-15(6-4-14)20-13-21-18-11-16(25)8-10-23(18)30-24(28(21)27-20)19-12-17(26)7-9-22(19)29-2/h3-12,21,24H,13H2,1-2H3. The summed E-state index contributed by atoms with van der Waals surface area (Å²) in [5, 5.41) is 7.12. The van der Waals surface area contributed by atoms with Crippen molar-refractivity contribution in [1.29, 1.82) is 0 Å². The highest BCUT2D eigenvalue weighted by molar-refractivity contribution is 9.10. The predicted molar refractivity (Wildman–Crippen MR) is 125 cm³/mol. The van der Waals surface area contributed by atoms with Crippen molar-refractivity contribution in [2.45, 2.75) is 25.6 Å². The summed E-state index contributed by atoms with van der Waals surface area (Å²) in [6, 6.07) is 20.8. The number of hydrogen-bond acceptors (Lipinski definition) is 4. The van der Waals surface area contributed by atoms with Gasteiger partial charge in [-0.15, -0.1) is 0 Å². The zero-order chi connectivity index (χ0) is 20.8. The Hall–Kier alpha value is -2.31. The lowest BCUT2D eigenvalue weighted by Crippen LogP contribution is -2.34. The van der Waals surface area contributed by atoms with Crippen LogP contribution in [0, 0.1) is 6.92 Å². The highest BCUT2D eigenvalue weighted by Crippen LogP contribution is 2.49. The van der Waals surface area contributed by atoms with Gasteiger partial charge in [0, 0.05) is 20.9 Å². The monoisotopic (exact) mass is 526 g/mol. The largest absolute Gasteiger partial charge is 0.496 e. The lowest BCUT2D eigenvalue weighted by molar-refractivity contribution is -0.0204. The van der Waals surface area contributed by atoms with Crippen molar-refractivity contribution >= 4 is 37.6 Å². The summed E-state index contributed by atoms with van der Waals surface area (Å²) in [7, 11) is 1.68. The van der Waals surface area contributed by atoms with Gasteiger partial charge in [-0.2, -0.15) is 5.10 Å². The number of fused-ring (bicyclic) bond motifs is 3. The van der Waals surface area contributed by atoms with E-state index >= 15 is 0 Å². The molecule has 0 saturated heterocycles. The normalized spacial score (nSPS) is 19.6. The Balaban J connectivity index is 1.64. The number of hydrogen-bond donors (Lipinski definition) is 0. The molecule has 0 aromatic heterocycles. The molecular weight excluding hydrogens is 508 g/mol. The van der Waals surface area contributed by atoms with Crippen LogP contribution in [-0.4, -0.2) is 17.8 Å². The van der Waals surface area contributed by atoms with Gasteiger partial charge in [0.05, 0.1) is 24.4 Å². The van der Waals surface area contributed by atoms with Crippen LogP contribution in [0.15, 0.2) is 74.7 Å². The van der Waals surface area contributed by atoms with Crippen molar-refractivity contribution in [1.82, 2.24) is 5.01 Å². The summed E-state index contributed by atoms with van der Waals surface area (Å²) >= 11 is 7.20. The van der Waals surface area contributed by atoms with E-state index in [-0.39, 0.29) is 12.3 Å². The van der Waals surface area contributed by atoms with Crippen LogP contribution < -0.4 is 9.47 Å². The van der Waals surface area contributed by atoms with E-state index in [0.717, 1.165) is 49.3 Å². The molecule has 3 aromatic carbocycles. The van der Waals surface area contributed by atoms with E-state index in [1.807, 2.05) is 30.3 Å². The minimum Gasteiger partial charge on any atom is -0.496 e. The molecule has 30 heavy (non-hydrogen) atoms. The Bertz CT molecular complexity index is 1140. The van der Waals surface area contributed by atoms with Crippen LogP contribution in [0.5, 0.6) is 11.5 Å². The minimum absolute atomic E-state index is 0.0937. The quantitative estimate of drug-likeness (QED) is 0.377. The SMILES string of the molecule is COc1ccc(Br)cc1C1Oc2ccc(Br)cc2C2CC(c3ccc(C)cc3)=NN21. The molecule has 0 saturated carbocycles. The van der Waals surface area contributed by atoms with Crippen LogP contribution in [-0.2, 0) is 0 Å². The van der Waals surface area contributed by atoms with E-state index in [1.165, 1.54) is 5.56 Å². The zero-order valence-electron chi connectivity index (χ0n) is 16.6. The summed E-state index contributed by atoms with van der Waals surface area (Å²) < 4.78 is 14.1. The Kier molecular flexibility index (Phi) is 5.07. The van der Waals surface area contributed by atoms with Crippen LogP contribution in [0.25, 0.3) is 0 Å². The van der Waals surface area contributed by atoms with E-state index in [0.29, 0.717) is 0 Å². The average molecular weight is 528 g/mol. The lowest BCUT2D eigenvalue weighted by Gasteiger charge is -2.38. The van der Waals surface area contributed by atoms with Crippen molar-refractivity contribution in [3.05, 3.63) is 91.9 Å². The lowest BCUT2D eigenvalue weighted by atomic mass is 9.95. The molecule has 152 valence electrons. The second-order valence-corrected chi connectivity index (χ2v) is 9.38. The van der Waals surface area contributed by atoms with E-state index in [2.05, 4.69) is 74.1 Å². The topological polar surface area (TPSA) is 34.1 Å². The maximum absolute atomic E-state index is 6.48. The first-order valence-corrected chi connectivity index (χ1v) is 11.3. The molecule has 2 aliphatic heterocycles. The molecule has 2 unspecified atom stereocenters. The van der Waals surface area contributed by atoms with E-state index in [9.17, 15) is 0 Å². The van der Waals surface area contributed by atoms with Gasteiger partial charge in [0.2, 0.25) is 6.23 Å². The minimum atomic E-state index is -0.376. The summed E-state index contributed by atoms with van der Waals surface area (Å²) in [5.41, 5.74) is 5.53. The summed E-state index contributed by atoms with van der Waals surface area (Å²) in [5.74, 6) is 1.66. The number of rotatable bonds is 3. The molecule has 5 rings (SSSR count). The number of benzene rings is 3. The van der Waals surface area contributed by atoms with Crippen molar-refractivity contribution in [2.75, 3.05) is 7.11 Å². The zero-order valence-corrected chi connectivity index (χ0v) is 19.8. The molecule has 0 spiro atoms. The number of hydrazone groups is 1. The molecule has 0 amide bonds. The molecular formula is C24H20Br2N2O2. The van der Waals surface area contributed by atoms with Gasteiger partial charge in [-0.3, -0.25) is 0 Å². The molecule has 2 heterocycles. The Labute approximate surface area is 192 Å². The van der Waals surface area contributed by atoms with Gasteiger partial charge in [-0.1, -0.05) is 61.7 Å². The van der Waals surface area contributed by atoms with Crippen molar-refractivity contribution in [3.8, 4) is 11.5 Å². The number of halogens is 2. The van der Waals surface area contributed by atoms with Gasteiger partial charge in [-0.25, -0.2) is 5.01 Å². The van der Waals surface area contributed by atoms with Crippen LogP contribution >= 0.6 is 31.9 Å². The fourth-order valence-corrected chi connectivity index (χ4v) is 4.84. The maximum Gasteiger partial charge on any atom is 0.217 e. The fourth-order valence-electron chi connectivity index (χ4n) is 4.08. The molecule has 0 fully saturated rings. The predicted octanol–water partition coefficient (Wildman–Crippen LogP) is 6.77. The van der Waals surface area contributed by atoms with E-state index in [4.69, 9.17) is 14.6 Å². The maximum atomic E-state index is 6.48. The van der Waals surface area contributed by atoms with Crippen molar-refractivity contribution in [2.24, 2.45) is 5.10 Å². The first-order valence-electron chi connectivity index (χ1n) is 9.76. The number of ether oxygens (including phenoxy) is 2. The Morgan fingerprint density at radius 2 is 1.67 bits per heavy atom. The van der Waals surface area contributed by atoms with Crippen LogP contribution in [0.2, 0.25) is 0 Å². The average Bonchev–Trinajstić information content (AvgIpc) is 3.19. The first-order chi connectivity index (χ1) is 14.5. The molecule has 0 bridgehead atoms. The molecule has 0 aliphatic carbocycles. The van der Waals surface area contributed by atoms with Gasteiger partial charge >= 0.3 is 0 Å². The molecule has 3 aromatic rings. The van der Waals surface area contributed by atoms with Crippen molar-refractivity contribution < 1.29 is 9.47 Å². The summed E-state index contributed by atoms with van der Waals surface area (Å²) in [6.45, 7) is 2.10. The molecule has 2 atom stereocenters. The third kappa shape index (κ3) is 3.42. The van der Waals surface area contributed by atoms with Crippen LogP contribution in [0.3, 0.4) is 0 Å².